The van der Waals surface area contributed by atoms with Crippen molar-refractivity contribution in [2.75, 3.05) is 0 Å². The maximum absolute atomic E-state index is 12.6. The maximum atomic E-state index is 12.6. The first-order chi connectivity index (χ1) is 8.59. The van der Waals surface area contributed by atoms with E-state index in [0.717, 1.165) is 6.42 Å². The predicted molar refractivity (Wildman–Crippen MR) is 73.4 cm³/mol. The number of aromatic nitrogens is 1. The Morgan fingerprint density at radius 2 is 2.11 bits per heavy atom. The second kappa shape index (κ2) is 5.64. The second-order valence-electron chi connectivity index (χ2n) is 6.01. The summed E-state index contributed by atoms with van der Waals surface area (Å²) in [5.74, 6) is 2.19. The molecule has 2 rings (SSSR count). The molecular formula is C16H23NO. The summed E-state index contributed by atoms with van der Waals surface area (Å²) in [5.41, 5.74) is 0.641. The molecule has 2 heteroatoms. The summed E-state index contributed by atoms with van der Waals surface area (Å²) >= 11 is 0. The predicted octanol–water partition coefficient (Wildman–Crippen LogP) is 3.97. The standard InChI is InChI=1S/C16H23NO/c1-11(2)13-8-7-12(3)10-14(13)16(18)15-6-4-5-9-17-15/h4-6,9,11-14H,7-8,10H2,1-3H3/t12-,13+,14-/m1/s1. The number of nitrogens with zero attached hydrogens (tertiary/aromatic N) is 1. The fraction of sp³-hybridized carbons (Fsp3) is 0.625. The highest BCUT2D eigenvalue weighted by molar-refractivity contribution is 5.96. The van der Waals surface area contributed by atoms with Crippen molar-refractivity contribution in [1.29, 1.82) is 0 Å². The lowest BCUT2D eigenvalue weighted by Gasteiger charge is -2.36. The molecule has 1 heterocycles. The molecule has 0 radical (unpaired) electrons. The maximum Gasteiger partial charge on any atom is 0.184 e. The van der Waals surface area contributed by atoms with Crippen LogP contribution in [0.5, 0.6) is 0 Å². The molecule has 2 nitrogen and oxygen atoms in total. The van der Waals surface area contributed by atoms with Crippen LogP contribution in [-0.2, 0) is 0 Å². The summed E-state index contributed by atoms with van der Waals surface area (Å²) in [5, 5.41) is 0. The second-order valence-corrected chi connectivity index (χ2v) is 6.01. The molecule has 1 aromatic rings. The third-order valence-corrected chi connectivity index (χ3v) is 4.28. The first-order valence-electron chi connectivity index (χ1n) is 7.04. The van der Waals surface area contributed by atoms with E-state index in [2.05, 4.69) is 25.8 Å². The zero-order valence-corrected chi connectivity index (χ0v) is 11.6. The first kappa shape index (κ1) is 13.3. The quantitative estimate of drug-likeness (QED) is 0.754. The SMILES string of the molecule is CC(C)[C@@H]1CC[C@@H](C)C[C@H]1C(=O)c1ccccn1. The summed E-state index contributed by atoms with van der Waals surface area (Å²) in [4.78, 5) is 16.8. The number of pyridine rings is 1. The van der Waals surface area contributed by atoms with Crippen LogP contribution in [0.15, 0.2) is 24.4 Å². The van der Waals surface area contributed by atoms with Gasteiger partial charge in [0, 0.05) is 12.1 Å². The van der Waals surface area contributed by atoms with Crippen LogP contribution in [0.25, 0.3) is 0 Å². The third-order valence-electron chi connectivity index (χ3n) is 4.28. The lowest BCUT2D eigenvalue weighted by atomic mass is 9.68. The van der Waals surface area contributed by atoms with E-state index in [0.29, 0.717) is 23.4 Å². The van der Waals surface area contributed by atoms with Crippen molar-refractivity contribution in [2.24, 2.45) is 23.7 Å². The highest BCUT2D eigenvalue weighted by atomic mass is 16.1. The van der Waals surface area contributed by atoms with Crippen molar-refractivity contribution >= 4 is 5.78 Å². The number of carbonyl (C=O) groups is 1. The van der Waals surface area contributed by atoms with Gasteiger partial charge in [-0.05, 0) is 42.7 Å². The average molecular weight is 245 g/mol. The monoisotopic (exact) mass is 245 g/mol. The first-order valence-corrected chi connectivity index (χ1v) is 7.04. The molecule has 0 spiro atoms. The van der Waals surface area contributed by atoms with Gasteiger partial charge in [-0.25, -0.2) is 0 Å². The fourth-order valence-corrected chi connectivity index (χ4v) is 3.20. The Labute approximate surface area is 110 Å². The molecule has 98 valence electrons. The van der Waals surface area contributed by atoms with E-state index in [1.165, 1.54) is 12.8 Å². The van der Waals surface area contributed by atoms with E-state index < -0.39 is 0 Å². The summed E-state index contributed by atoms with van der Waals surface area (Å²) in [7, 11) is 0. The van der Waals surface area contributed by atoms with Gasteiger partial charge in [0.15, 0.2) is 5.78 Å². The number of carbonyl (C=O) groups excluding carboxylic acids is 1. The molecule has 1 aliphatic carbocycles. The van der Waals surface area contributed by atoms with Crippen LogP contribution in [0.3, 0.4) is 0 Å². The number of ketones is 1. The van der Waals surface area contributed by atoms with Crippen molar-refractivity contribution in [2.45, 2.75) is 40.0 Å². The normalized spacial score (nSPS) is 28.3. The van der Waals surface area contributed by atoms with Crippen LogP contribution in [0.4, 0.5) is 0 Å². The van der Waals surface area contributed by atoms with E-state index in [9.17, 15) is 4.79 Å². The Morgan fingerprint density at radius 3 is 2.72 bits per heavy atom. The smallest absolute Gasteiger partial charge is 0.184 e. The lowest BCUT2D eigenvalue weighted by molar-refractivity contribution is 0.0718. The van der Waals surface area contributed by atoms with Crippen LogP contribution in [0.1, 0.15) is 50.5 Å². The Bertz CT molecular complexity index is 399. The molecule has 0 aliphatic heterocycles. The van der Waals surface area contributed by atoms with Gasteiger partial charge in [-0.15, -0.1) is 0 Å². The van der Waals surface area contributed by atoms with Crippen molar-refractivity contribution in [3.63, 3.8) is 0 Å². The minimum atomic E-state index is 0.170. The molecular weight excluding hydrogens is 222 g/mol. The number of hydrogen-bond acceptors (Lipinski definition) is 2. The molecule has 1 aromatic heterocycles. The Kier molecular flexibility index (Phi) is 4.15. The summed E-state index contributed by atoms with van der Waals surface area (Å²) in [6.07, 6.45) is 5.18. The number of hydrogen-bond donors (Lipinski definition) is 0. The third kappa shape index (κ3) is 2.80. The molecule has 0 N–H and O–H groups in total. The molecule has 3 atom stereocenters. The van der Waals surface area contributed by atoms with E-state index in [1.54, 1.807) is 6.20 Å². The minimum Gasteiger partial charge on any atom is -0.292 e. The number of rotatable bonds is 3. The fourth-order valence-electron chi connectivity index (χ4n) is 3.20. The van der Waals surface area contributed by atoms with Crippen molar-refractivity contribution in [3.8, 4) is 0 Å². The van der Waals surface area contributed by atoms with E-state index >= 15 is 0 Å². The van der Waals surface area contributed by atoms with E-state index in [1.807, 2.05) is 18.2 Å². The van der Waals surface area contributed by atoms with Gasteiger partial charge in [-0.1, -0.05) is 33.3 Å². The van der Waals surface area contributed by atoms with Crippen LogP contribution >= 0.6 is 0 Å². The Hall–Kier alpha value is -1.18. The molecule has 1 saturated carbocycles. The molecule has 0 saturated heterocycles. The largest absolute Gasteiger partial charge is 0.292 e. The van der Waals surface area contributed by atoms with Gasteiger partial charge < -0.3 is 0 Å². The molecule has 1 aliphatic rings. The number of Topliss-reactive ketones (excluding diaryl/α,β-unsaturated/α-hetero) is 1. The van der Waals surface area contributed by atoms with Gasteiger partial charge >= 0.3 is 0 Å². The topological polar surface area (TPSA) is 30.0 Å². The highest BCUT2D eigenvalue weighted by Crippen LogP contribution is 2.39. The molecule has 1 fully saturated rings. The van der Waals surface area contributed by atoms with Crippen LogP contribution in [0, 0.1) is 23.7 Å². The lowest BCUT2D eigenvalue weighted by Crippen LogP contribution is -2.33. The summed E-state index contributed by atoms with van der Waals surface area (Å²) < 4.78 is 0. The minimum absolute atomic E-state index is 0.170. The zero-order valence-electron chi connectivity index (χ0n) is 11.6. The highest BCUT2D eigenvalue weighted by Gasteiger charge is 2.35. The van der Waals surface area contributed by atoms with Gasteiger partial charge in [0.25, 0.3) is 0 Å². The van der Waals surface area contributed by atoms with Gasteiger partial charge in [-0.3, -0.25) is 9.78 Å². The summed E-state index contributed by atoms with van der Waals surface area (Å²) in [6.45, 7) is 6.73. The van der Waals surface area contributed by atoms with Gasteiger partial charge in [0.05, 0.1) is 0 Å². The average Bonchev–Trinajstić information content (AvgIpc) is 2.38. The molecule has 0 aromatic carbocycles. The zero-order chi connectivity index (χ0) is 13.1. The Morgan fingerprint density at radius 1 is 1.33 bits per heavy atom. The van der Waals surface area contributed by atoms with Crippen LogP contribution < -0.4 is 0 Å². The van der Waals surface area contributed by atoms with Gasteiger partial charge in [-0.2, -0.15) is 0 Å². The summed E-state index contributed by atoms with van der Waals surface area (Å²) in [6, 6.07) is 5.61. The van der Waals surface area contributed by atoms with Gasteiger partial charge in [0.1, 0.15) is 5.69 Å². The van der Waals surface area contributed by atoms with Gasteiger partial charge in [0.2, 0.25) is 0 Å². The molecule has 18 heavy (non-hydrogen) atoms. The van der Waals surface area contributed by atoms with E-state index in [4.69, 9.17) is 0 Å². The molecule has 0 unspecified atom stereocenters. The van der Waals surface area contributed by atoms with Crippen molar-refractivity contribution < 1.29 is 4.79 Å². The molecule has 0 amide bonds. The van der Waals surface area contributed by atoms with Crippen LogP contribution in [0.2, 0.25) is 0 Å². The van der Waals surface area contributed by atoms with Crippen molar-refractivity contribution in [1.82, 2.24) is 4.98 Å². The van der Waals surface area contributed by atoms with Crippen LogP contribution in [-0.4, -0.2) is 10.8 Å². The van der Waals surface area contributed by atoms with E-state index in [-0.39, 0.29) is 11.7 Å². The Balaban J connectivity index is 2.20. The molecule has 0 bridgehead atoms. The van der Waals surface area contributed by atoms with Crippen molar-refractivity contribution in [3.05, 3.63) is 30.1 Å².